The quantitative estimate of drug-likeness (QED) is 0.522. The van der Waals surface area contributed by atoms with Crippen molar-refractivity contribution >= 4 is 17.4 Å². The van der Waals surface area contributed by atoms with Crippen molar-refractivity contribution in [1.29, 1.82) is 10.5 Å². The summed E-state index contributed by atoms with van der Waals surface area (Å²) >= 11 is -0.431. The van der Waals surface area contributed by atoms with Crippen LogP contribution >= 0.6 is 11.8 Å². The van der Waals surface area contributed by atoms with Crippen LogP contribution in [0.5, 0.6) is 0 Å². The van der Waals surface area contributed by atoms with Gasteiger partial charge in [0.1, 0.15) is 23.5 Å². The fourth-order valence-corrected chi connectivity index (χ4v) is 1.62. The smallest absolute Gasteiger partial charge is 0.357 e. The molecule has 19 heavy (non-hydrogen) atoms. The van der Waals surface area contributed by atoms with E-state index < -0.39 is 23.1 Å². The molecule has 1 aromatic rings. The van der Waals surface area contributed by atoms with Crippen LogP contribution in [-0.2, 0) is 0 Å². The van der Waals surface area contributed by atoms with Crippen molar-refractivity contribution in [3.05, 3.63) is 35.8 Å². The van der Waals surface area contributed by atoms with E-state index in [1.54, 1.807) is 12.1 Å². The number of anilines is 1. The van der Waals surface area contributed by atoms with Crippen LogP contribution in [0.1, 0.15) is 0 Å². The van der Waals surface area contributed by atoms with Gasteiger partial charge < -0.3 is 5.32 Å². The molecule has 0 aliphatic carbocycles. The molecule has 1 N–H and O–H groups in total. The molecule has 0 bridgehead atoms. The summed E-state index contributed by atoms with van der Waals surface area (Å²) < 4.78 is 49.6. The van der Waals surface area contributed by atoms with E-state index in [0.717, 1.165) is 18.3 Å². The molecular formula is C11H5F4N3S. The van der Waals surface area contributed by atoms with E-state index in [-0.39, 0.29) is 16.2 Å². The third-order valence-corrected chi connectivity index (χ3v) is 2.51. The topological polar surface area (TPSA) is 59.6 Å². The zero-order chi connectivity index (χ0) is 14.5. The largest absolute Gasteiger partial charge is 0.446 e. The zero-order valence-corrected chi connectivity index (χ0v) is 9.94. The molecule has 0 spiro atoms. The molecule has 0 unspecified atom stereocenters. The third-order valence-electron chi connectivity index (χ3n) is 1.79. The van der Waals surface area contributed by atoms with Gasteiger partial charge in [-0.3, -0.25) is 0 Å². The molecular weight excluding hydrogens is 282 g/mol. The third kappa shape index (κ3) is 4.90. The maximum Gasteiger partial charge on any atom is 0.446 e. The van der Waals surface area contributed by atoms with Crippen molar-refractivity contribution in [3.8, 4) is 12.1 Å². The lowest BCUT2D eigenvalue weighted by molar-refractivity contribution is -0.0328. The van der Waals surface area contributed by atoms with Crippen molar-refractivity contribution in [2.24, 2.45) is 0 Å². The number of benzene rings is 1. The number of nitrogens with one attached hydrogen (secondary N) is 1. The Hall–Kier alpha value is -2.19. The summed E-state index contributed by atoms with van der Waals surface area (Å²) in [5.41, 5.74) is -4.90. The Balaban J connectivity index is 2.88. The highest BCUT2D eigenvalue weighted by Crippen LogP contribution is 2.37. The molecule has 1 aromatic carbocycles. The van der Waals surface area contributed by atoms with Crippen LogP contribution in [-0.4, -0.2) is 5.51 Å². The SMILES string of the molecule is N#CC(C#N)=CNc1ccc(SC(F)(F)F)cc1F. The lowest BCUT2D eigenvalue weighted by Gasteiger charge is -2.07. The molecule has 0 aliphatic rings. The summed E-state index contributed by atoms with van der Waals surface area (Å²) in [6.45, 7) is 0. The minimum Gasteiger partial charge on any atom is -0.357 e. The molecule has 8 heteroatoms. The number of rotatable bonds is 3. The highest BCUT2D eigenvalue weighted by molar-refractivity contribution is 8.00. The molecule has 3 nitrogen and oxygen atoms in total. The summed E-state index contributed by atoms with van der Waals surface area (Å²) in [7, 11) is 0. The van der Waals surface area contributed by atoms with Gasteiger partial charge in [0.05, 0.1) is 5.69 Å². The number of nitriles is 2. The van der Waals surface area contributed by atoms with Crippen LogP contribution in [0.3, 0.4) is 0 Å². The predicted octanol–water partition coefficient (Wildman–Crippen LogP) is 3.78. The second kappa shape index (κ2) is 6.12. The first-order chi connectivity index (χ1) is 8.85. The first kappa shape index (κ1) is 14.9. The fraction of sp³-hybridized carbons (Fsp3) is 0.0909. The molecule has 98 valence electrons. The Kier molecular flexibility index (Phi) is 4.79. The van der Waals surface area contributed by atoms with Crippen molar-refractivity contribution in [1.82, 2.24) is 0 Å². The Morgan fingerprint density at radius 3 is 2.37 bits per heavy atom. The summed E-state index contributed by atoms with van der Waals surface area (Å²) in [4.78, 5) is -0.291. The van der Waals surface area contributed by atoms with E-state index in [9.17, 15) is 17.6 Å². The zero-order valence-electron chi connectivity index (χ0n) is 9.12. The van der Waals surface area contributed by atoms with Gasteiger partial charge in [-0.2, -0.15) is 23.7 Å². The molecule has 0 amide bonds. The van der Waals surface area contributed by atoms with E-state index in [1.165, 1.54) is 0 Å². The first-order valence-corrected chi connectivity index (χ1v) is 5.49. The van der Waals surface area contributed by atoms with Gasteiger partial charge in [-0.05, 0) is 30.0 Å². The van der Waals surface area contributed by atoms with Crippen molar-refractivity contribution in [2.45, 2.75) is 10.4 Å². The maximum absolute atomic E-state index is 13.4. The Bertz CT molecular complexity index is 565. The number of hydrogen-bond donors (Lipinski definition) is 1. The highest BCUT2D eigenvalue weighted by Gasteiger charge is 2.29. The highest BCUT2D eigenvalue weighted by atomic mass is 32.2. The van der Waals surface area contributed by atoms with Crippen LogP contribution in [0.2, 0.25) is 0 Å². The molecule has 0 saturated carbocycles. The number of alkyl halides is 3. The maximum atomic E-state index is 13.4. The molecule has 0 fully saturated rings. The van der Waals surface area contributed by atoms with Crippen LogP contribution < -0.4 is 5.32 Å². The number of nitrogens with zero attached hydrogens (tertiary/aromatic N) is 2. The van der Waals surface area contributed by atoms with Crippen LogP contribution in [0.15, 0.2) is 34.9 Å². The van der Waals surface area contributed by atoms with Gasteiger partial charge in [-0.25, -0.2) is 4.39 Å². The van der Waals surface area contributed by atoms with E-state index in [2.05, 4.69) is 5.32 Å². The summed E-state index contributed by atoms with van der Waals surface area (Å²) in [6, 6.07) is 5.98. The minimum atomic E-state index is -4.49. The van der Waals surface area contributed by atoms with Gasteiger partial charge in [0.2, 0.25) is 0 Å². The predicted molar refractivity (Wildman–Crippen MR) is 61.2 cm³/mol. The molecule has 0 radical (unpaired) electrons. The molecule has 1 rings (SSSR count). The Morgan fingerprint density at radius 1 is 1.26 bits per heavy atom. The Morgan fingerprint density at radius 2 is 1.89 bits per heavy atom. The van der Waals surface area contributed by atoms with Gasteiger partial charge in [0, 0.05) is 11.1 Å². The lowest BCUT2D eigenvalue weighted by Crippen LogP contribution is -2.00. The number of allylic oxidation sites excluding steroid dienone is 1. The molecule has 0 aromatic heterocycles. The Labute approximate surface area is 110 Å². The molecule has 0 saturated heterocycles. The fourth-order valence-electron chi connectivity index (χ4n) is 1.05. The average molecular weight is 287 g/mol. The average Bonchev–Trinajstić information content (AvgIpc) is 2.30. The number of hydrogen-bond acceptors (Lipinski definition) is 4. The summed E-state index contributed by atoms with van der Waals surface area (Å²) in [5.74, 6) is -0.916. The van der Waals surface area contributed by atoms with Crippen LogP contribution in [0.25, 0.3) is 0 Å². The van der Waals surface area contributed by atoms with E-state index in [1.807, 2.05) is 0 Å². The van der Waals surface area contributed by atoms with Gasteiger partial charge in [0.25, 0.3) is 0 Å². The standard InChI is InChI=1S/C11H5F4N3S/c12-9-3-8(19-11(13,14)15)1-2-10(9)18-6-7(4-16)5-17/h1-3,6,18H. The second-order valence-electron chi connectivity index (χ2n) is 3.12. The van der Waals surface area contributed by atoms with Gasteiger partial charge >= 0.3 is 5.51 Å². The summed E-state index contributed by atoms with van der Waals surface area (Å²) in [5, 5.41) is 19.2. The van der Waals surface area contributed by atoms with Gasteiger partial charge in [-0.1, -0.05) is 0 Å². The molecule has 0 atom stereocenters. The normalized spacial score (nSPS) is 10.2. The second-order valence-corrected chi connectivity index (χ2v) is 4.25. The number of halogens is 4. The van der Waals surface area contributed by atoms with Crippen molar-refractivity contribution in [2.75, 3.05) is 5.32 Å². The summed E-state index contributed by atoms with van der Waals surface area (Å²) in [6.07, 6.45) is 0.967. The van der Waals surface area contributed by atoms with E-state index in [0.29, 0.717) is 6.07 Å². The van der Waals surface area contributed by atoms with Crippen LogP contribution in [0.4, 0.5) is 23.2 Å². The molecule has 0 heterocycles. The lowest BCUT2D eigenvalue weighted by atomic mass is 10.3. The van der Waals surface area contributed by atoms with E-state index >= 15 is 0 Å². The molecule has 0 aliphatic heterocycles. The van der Waals surface area contributed by atoms with Crippen molar-refractivity contribution in [3.63, 3.8) is 0 Å². The first-order valence-electron chi connectivity index (χ1n) is 4.68. The van der Waals surface area contributed by atoms with E-state index in [4.69, 9.17) is 10.5 Å². The van der Waals surface area contributed by atoms with Crippen LogP contribution in [0, 0.1) is 28.5 Å². The monoisotopic (exact) mass is 287 g/mol. The van der Waals surface area contributed by atoms with Gasteiger partial charge in [-0.15, -0.1) is 0 Å². The number of thioether (sulfide) groups is 1. The van der Waals surface area contributed by atoms with Crippen molar-refractivity contribution < 1.29 is 17.6 Å². The van der Waals surface area contributed by atoms with Gasteiger partial charge in [0.15, 0.2) is 0 Å². The minimum absolute atomic E-state index is 0.130.